The van der Waals surface area contributed by atoms with E-state index in [2.05, 4.69) is 66.8 Å². The highest BCUT2D eigenvalue weighted by Crippen LogP contribution is 2.23. The third-order valence-corrected chi connectivity index (χ3v) is 4.26. The highest BCUT2D eigenvalue weighted by molar-refractivity contribution is 7.09. The molecule has 1 heterocycles. The predicted octanol–water partition coefficient (Wildman–Crippen LogP) is 4.19. The number of nitrogens with zero attached hydrogens (tertiary/aromatic N) is 1. The summed E-state index contributed by atoms with van der Waals surface area (Å²) in [6, 6.07) is 11.1. The van der Waals surface area contributed by atoms with Crippen LogP contribution in [0.15, 0.2) is 35.7 Å². The first-order valence-corrected chi connectivity index (χ1v) is 8.12. The summed E-state index contributed by atoms with van der Waals surface area (Å²) in [5.41, 5.74) is 4.03. The summed E-state index contributed by atoms with van der Waals surface area (Å²) in [6.07, 6.45) is 1.18. The zero-order valence-corrected chi connectivity index (χ0v) is 13.5. The van der Waals surface area contributed by atoms with E-state index in [4.69, 9.17) is 0 Å². The molecule has 0 spiro atoms. The molecule has 0 bridgehead atoms. The molecule has 0 aliphatic carbocycles. The number of nitrogens with one attached hydrogen (secondary N) is 1. The van der Waals surface area contributed by atoms with Crippen LogP contribution in [0, 0.1) is 6.92 Å². The Kier molecular flexibility index (Phi) is 5.62. The van der Waals surface area contributed by atoms with E-state index in [1.165, 1.54) is 28.1 Å². The van der Waals surface area contributed by atoms with E-state index in [9.17, 15) is 0 Å². The molecule has 0 saturated carbocycles. The van der Waals surface area contributed by atoms with Gasteiger partial charge in [0.25, 0.3) is 0 Å². The van der Waals surface area contributed by atoms with Gasteiger partial charge in [0.2, 0.25) is 0 Å². The number of anilines is 1. The summed E-state index contributed by atoms with van der Waals surface area (Å²) in [5, 5.41) is 5.59. The predicted molar refractivity (Wildman–Crippen MR) is 89.6 cm³/mol. The Labute approximate surface area is 126 Å². The molecule has 1 aromatic heterocycles. The number of hydrogen-bond donors (Lipinski definition) is 1. The highest BCUT2D eigenvalue weighted by Gasteiger charge is 2.06. The summed E-state index contributed by atoms with van der Waals surface area (Å²) < 4.78 is 0. The van der Waals surface area contributed by atoms with Crippen LogP contribution in [0.25, 0.3) is 0 Å². The molecule has 0 unspecified atom stereocenters. The third-order valence-electron chi connectivity index (χ3n) is 3.40. The van der Waals surface area contributed by atoms with Crippen LogP contribution in [-0.4, -0.2) is 13.6 Å². The number of benzene rings is 1. The van der Waals surface area contributed by atoms with Crippen LogP contribution >= 0.6 is 11.3 Å². The van der Waals surface area contributed by atoms with E-state index < -0.39 is 0 Å². The fourth-order valence-electron chi connectivity index (χ4n) is 2.39. The topological polar surface area (TPSA) is 15.3 Å². The van der Waals surface area contributed by atoms with Crippen LogP contribution in [0.1, 0.15) is 29.3 Å². The van der Waals surface area contributed by atoms with Crippen molar-refractivity contribution in [3.63, 3.8) is 0 Å². The summed E-state index contributed by atoms with van der Waals surface area (Å²) in [5.74, 6) is 0. The molecular formula is C17H24N2S. The Bertz CT molecular complexity index is 520. The molecule has 0 aliphatic heterocycles. The lowest BCUT2D eigenvalue weighted by Gasteiger charge is -2.21. The first-order chi connectivity index (χ1) is 9.70. The van der Waals surface area contributed by atoms with E-state index >= 15 is 0 Å². The molecule has 108 valence electrons. The van der Waals surface area contributed by atoms with Crippen LogP contribution in [0.3, 0.4) is 0 Å². The molecule has 0 aliphatic rings. The quantitative estimate of drug-likeness (QED) is 0.768. The zero-order chi connectivity index (χ0) is 14.4. The summed E-state index contributed by atoms with van der Waals surface area (Å²) in [6.45, 7) is 7.42. The van der Waals surface area contributed by atoms with Gasteiger partial charge in [-0.05, 0) is 48.5 Å². The minimum Gasteiger partial charge on any atom is -0.369 e. The molecular weight excluding hydrogens is 264 g/mol. The van der Waals surface area contributed by atoms with Gasteiger partial charge >= 0.3 is 0 Å². The smallest absolute Gasteiger partial charge is 0.0519 e. The van der Waals surface area contributed by atoms with Crippen molar-refractivity contribution in [3.05, 3.63) is 51.7 Å². The summed E-state index contributed by atoms with van der Waals surface area (Å²) in [7, 11) is 2.16. The number of hydrogen-bond acceptors (Lipinski definition) is 3. The van der Waals surface area contributed by atoms with Gasteiger partial charge in [-0.2, -0.15) is 0 Å². The minimum atomic E-state index is 0.962. The van der Waals surface area contributed by atoms with Crippen molar-refractivity contribution in [2.75, 3.05) is 18.5 Å². The van der Waals surface area contributed by atoms with Crippen LogP contribution in [-0.2, 0) is 13.1 Å². The monoisotopic (exact) mass is 288 g/mol. The van der Waals surface area contributed by atoms with Gasteiger partial charge in [0.05, 0.1) is 6.54 Å². The molecule has 0 atom stereocenters. The van der Waals surface area contributed by atoms with Crippen molar-refractivity contribution < 1.29 is 0 Å². The second-order valence-electron chi connectivity index (χ2n) is 5.23. The van der Waals surface area contributed by atoms with Crippen LogP contribution in [0.4, 0.5) is 5.69 Å². The van der Waals surface area contributed by atoms with Crippen LogP contribution < -0.4 is 10.2 Å². The van der Waals surface area contributed by atoms with Gasteiger partial charge in [-0.25, -0.2) is 0 Å². The standard InChI is InChI=1S/C17H24N2S/c1-4-9-18-12-15-7-8-17(14(2)11-15)19(3)13-16-6-5-10-20-16/h5-8,10-11,18H,4,9,12-13H2,1-3H3. The number of rotatable bonds is 7. The van der Waals surface area contributed by atoms with E-state index in [-0.39, 0.29) is 0 Å². The highest BCUT2D eigenvalue weighted by atomic mass is 32.1. The molecule has 20 heavy (non-hydrogen) atoms. The second-order valence-corrected chi connectivity index (χ2v) is 6.27. The first-order valence-electron chi connectivity index (χ1n) is 7.24. The molecule has 2 aromatic rings. The zero-order valence-electron chi connectivity index (χ0n) is 12.6. The van der Waals surface area contributed by atoms with E-state index in [0.29, 0.717) is 0 Å². The molecule has 0 radical (unpaired) electrons. The maximum atomic E-state index is 3.45. The SMILES string of the molecule is CCCNCc1ccc(N(C)Cc2cccs2)c(C)c1. The van der Waals surface area contributed by atoms with Crippen molar-refractivity contribution in [1.29, 1.82) is 0 Å². The van der Waals surface area contributed by atoms with Gasteiger partial charge < -0.3 is 10.2 Å². The van der Waals surface area contributed by atoms with Gasteiger partial charge in [-0.15, -0.1) is 11.3 Å². The Hall–Kier alpha value is -1.32. The molecule has 0 saturated heterocycles. The normalized spacial score (nSPS) is 10.8. The number of thiophene rings is 1. The van der Waals surface area contributed by atoms with E-state index in [1.54, 1.807) is 0 Å². The minimum absolute atomic E-state index is 0.962. The average Bonchev–Trinajstić information content (AvgIpc) is 2.92. The summed E-state index contributed by atoms with van der Waals surface area (Å²) in [4.78, 5) is 3.73. The number of aryl methyl sites for hydroxylation is 1. The lowest BCUT2D eigenvalue weighted by atomic mass is 10.1. The fraction of sp³-hybridized carbons (Fsp3) is 0.412. The van der Waals surface area contributed by atoms with E-state index in [0.717, 1.165) is 19.6 Å². The lowest BCUT2D eigenvalue weighted by Crippen LogP contribution is -2.17. The Morgan fingerprint density at radius 1 is 1.25 bits per heavy atom. The molecule has 2 rings (SSSR count). The molecule has 1 N–H and O–H groups in total. The Morgan fingerprint density at radius 2 is 2.10 bits per heavy atom. The van der Waals surface area contributed by atoms with Crippen molar-refractivity contribution in [2.45, 2.75) is 33.4 Å². The first kappa shape index (κ1) is 15.1. The molecule has 3 heteroatoms. The fourth-order valence-corrected chi connectivity index (χ4v) is 3.14. The third kappa shape index (κ3) is 4.09. The van der Waals surface area contributed by atoms with Crippen molar-refractivity contribution in [3.8, 4) is 0 Å². The lowest BCUT2D eigenvalue weighted by molar-refractivity contribution is 0.675. The van der Waals surface area contributed by atoms with Gasteiger partial charge in [-0.3, -0.25) is 0 Å². The summed E-state index contributed by atoms with van der Waals surface area (Å²) >= 11 is 1.82. The van der Waals surface area contributed by atoms with Crippen molar-refractivity contribution in [1.82, 2.24) is 5.32 Å². The van der Waals surface area contributed by atoms with Crippen LogP contribution in [0.2, 0.25) is 0 Å². The van der Waals surface area contributed by atoms with Crippen molar-refractivity contribution >= 4 is 17.0 Å². The van der Waals surface area contributed by atoms with E-state index in [1.807, 2.05) is 11.3 Å². The maximum absolute atomic E-state index is 3.45. The average molecular weight is 288 g/mol. The van der Waals surface area contributed by atoms with Gasteiger partial charge in [0.1, 0.15) is 0 Å². The van der Waals surface area contributed by atoms with Gasteiger partial charge in [-0.1, -0.05) is 25.1 Å². The Balaban J connectivity index is 2.01. The molecule has 1 aromatic carbocycles. The van der Waals surface area contributed by atoms with Gasteiger partial charge in [0.15, 0.2) is 0 Å². The van der Waals surface area contributed by atoms with Gasteiger partial charge in [0, 0.05) is 24.2 Å². The second kappa shape index (κ2) is 7.46. The molecule has 0 amide bonds. The van der Waals surface area contributed by atoms with Crippen LogP contribution in [0.5, 0.6) is 0 Å². The Morgan fingerprint density at radius 3 is 2.75 bits per heavy atom. The maximum Gasteiger partial charge on any atom is 0.0519 e. The molecule has 0 fully saturated rings. The van der Waals surface area contributed by atoms with Crippen molar-refractivity contribution in [2.24, 2.45) is 0 Å². The molecule has 2 nitrogen and oxygen atoms in total. The largest absolute Gasteiger partial charge is 0.369 e.